The van der Waals surface area contributed by atoms with Gasteiger partial charge in [0, 0.05) is 50.9 Å². The van der Waals surface area contributed by atoms with Crippen LogP contribution in [-0.4, -0.2) is 63.9 Å². The molecule has 6 heteroatoms. The average Bonchev–Trinajstić information content (AvgIpc) is 2.76. The smallest absolute Gasteiger partial charge is 0.161 e. The Morgan fingerprint density at radius 3 is 2.03 bits per heavy atom. The molecule has 1 fully saturated rings. The van der Waals surface area contributed by atoms with Crippen molar-refractivity contribution < 1.29 is 18.9 Å². The number of nitrogens with zero attached hydrogens (tertiary/aromatic N) is 2. The van der Waals surface area contributed by atoms with Gasteiger partial charge in [-0.15, -0.1) is 0 Å². The average molecular weight is 401 g/mol. The Morgan fingerprint density at radius 2 is 1.41 bits per heavy atom. The predicted molar refractivity (Wildman–Crippen MR) is 114 cm³/mol. The van der Waals surface area contributed by atoms with Crippen LogP contribution in [0.5, 0.6) is 23.0 Å². The van der Waals surface area contributed by atoms with E-state index in [0.29, 0.717) is 6.61 Å². The van der Waals surface area contributed by atoms with E-state index in [-0.39, 0.29) is 0 Å². The minimum atomic E-state index is 0.632. The van der Waals surface area contributed by atoms with Crippen LogP contribution in [0.2, 0.25) is 0 Å². The molecule has 1 aliphatic rings. The van der Waals surface area contributed by atoms with Crippen molar-refractivity contribution >= 4 is 0 Å². The van der Waals surface area contributed by atoms with Crippen molar-refractivity contribution in [2.24, 2.45) is 0 Å². The van der Waals surface area contributed by atoms with Crippen LogP contribution in [0, 0.1) is 0 Å². The highest BCUT2D eigenvalue weighted by Gasteiger charge is 2.19. The van der Waals surface area contributed by atoms with E-state index in [1.54, 1.807) is 21.3 Å². The molecular formula is C23H32N2O4. The first-order chi connectivity index (χ1) is 14.2. The number of ether oxygens (including phenoxy) is 4. The summed E-state index contributed by atoms with van der Waals surface area (Å²) in [7, 11) is 5.06. The Kier molecular flexibility index (Phi) is 7.61. The van der Waals surface area contributed by atoms with Gasteiger partial charge < -0.3 is 18.9 Å². The van der Waals surface area contributed by atoms with E-state index < -0.39 is 0 Å². The van der Waals surface area contributed by atoms with Crippen molar-refractivity contribution in [2.45, 2.75) is 20.0 Å². The molecule has 6 nitrogen and oxygen atoms in total. The highest BCUT2D eigenvalue weighted by atomic mass is 16.5. The van der Waals surface area contributed by atoms with Gasteiger partial charge in [-0.3, -0.25) is 9.80 Å². The second-order valence-electron chi connectivity index (χ2n) is 7.15. The fourth-order valence-electron chi connectivity index (χ4n) is 3.67. The third-order valence-electron chi connectivity index (χ3n) is 5.29. The van der Waals surface area contributed by atoms with E-state index in [2.05, 4.69) is 28.0 Å². The van der Waals surface area contributed by atoms with Crippen molar-refractivity contribution in [1.82, 2.24) is 9.80 Å². The van der Waals surface area contributed by atoms with Gasteiger partial charge in [0.2, 0.25) is 0 Å². The topological polar surface area (TPSA) is 43.4 Å². The van der Waals surface area contributed by atoms with Crippen molar-refractivity contribution in [3.63, 3.8) is 0 Å². The first-order valence-corrected chi connectivity index (χ1v) is 10.1. The molecule has 1 heterocycles. The normalized spacial score (nSPS) is 15.2. The van der Waals surface area contributed by atoms with Gasteiger partial charge in [0.05, 0.1) is 27.9 Å². The predicted octanol–water partition coefficient (Wildman–Crippen LogP) is 3.43. The summed E-state index contributed by atoms with van der Waals surface area (Å²) in [4.78, 5) is 4.96. The molecule has 0 aliphatic carbocycles. The second kappa shape index (κ2) is 10.4. The lowest BCUT2D eigenvalue weighted by atomic mass is 10.1. The number of methoxy groups -OCH3 is 3. The number of hydrogen-bond donors (Lipinski definition) is 0. The van der Waals surface area contributed by atoms with Gasteiger partial charge in [0.1, 0.15) is 11.5 Å². The molecule has 0 saturated carbocycles. The number of hydrogen-bond acceptors (Lipinski definition) is 6. The van der Waals surface area contributed by atoms with E-state index in [4.69, 9.17) is 18.9 Å². The molecule has 0 atom stereocenters. The highest BCUT2D eigenvalue weighted by Crippen LogP contribution is 2.29. The van der Waals surface area contributed by atoms with Crippen molar-refractivity contribution in [3.05, 3.63) is 47.5 Å². The maximum atomic E-state index is 5.71. The Morgan fingerprint density at radius 1 is 0.724 bits per heavy atom. The molecule has 3 rings (SSSR count). The molecule has 0 unspecified atom stereocenters. The molecule has 2 aromatic carbocycles. The van der Waals surface area contributed by atoms with Crippen LogP contribution in [0.4, 0.5) is 0 Å². The van der Waals surface area contributed by atoms with Crippen molar-refractivity contribution in [3.8, 4) is 23.0 Å². The van der Waals surface area contributed by atoms with Crippen LogP contribution in [0.1, 0.15) is 18.1 Å². The zero-order chi connectivity index (χ0) is 20.6. The molecule has 0 aromatic heterocycles. The Labute approximate surface area is 173 Å². The molecular weight excluding hydrogens is 368 g/mol. The quantitative estimate of drug-likeness (QED) is 0.643. The summed E-state index contributed by atoms with van der Waals surface area (Å²) >= 11 is 0. The second-order valence-corrected chi connectivity index (χ2v) is 7.15. The molecule has 0 spiro atoms. The SMILES string of the molecule is CCOc1cc(CN2CCN(Cc3ccc(OC)cc3OC)CC2)ccc1OC. The lowest BCUT2D eigenvalue weighted by Gasteiger charge is -2.35. The van der Waals surface area contributed by atoms with Gasteiger partial charge >= 0.3 is 0 Å². The van der Waals surface area contributed by atoms with Crippen molar-refractivity contribution in [2.75, 3.05) is 54.1 Å². The third kappa shape index (κ3) is 5.55. The van der Waals surface area contributed by atoms with Crippen molar-refractivity contribution in [1.29, 1.82) is 0 Å². The van der Waals surface area contributed by atoms with Crippen LogP contribution >= 0.6 is 0 Å². The largest absolute Gasteiger partial charge is 0.497 e. The van der Waals surface area contributed by atoms with E-state index in [1.807, 2.05) is 25.1 Å². The van der Waals surface area contributed by atoms with E-state index >= 15 is 0 Å². The van der Waals surface area contributed by atoms with Crippen LogP contribution < -0.4 is 18.9 Å². The molecule has 0 N–H and O–H groups in total. The fourth-order valence-corrected chi connectivity index (χ4v) is 3.67. The minimum absolute atomic E-state index is 0.632. The molecule has 1 aliphatic heterocycles. The van der Waals surface area contributed by atoms with E-state index in [0.717, 1.165) is 62.3 Å². The molecule has 2 aromatic rings. The summed E-state index contributed by atoms with van der Waals surface area (Å²) in [5, 5.41) is 0. The number of rotatable bonds is 9. The van der Waals surface area contributed by atoms with Gasteiger partial charge in [-0.1, -0.05) is 12.1 Å². The van der Waals surface area contributed by atoms with Gasteiger partial charge in [-0.25, -0.2) is 0 Å². The van der Waals surface area contributed by atoms with E-state index in [9.17, 15) is 0 Å². The first-order valence-electron chi connectivity index (χ1n) is 10.1. The molecule has 29 heavy (non-hydrogen) atoms. The molecule has 0 amide bonds. The van der Waals surface area contributed by atoms with Crippen LogP contribution in [-0.2, 0) is 13.1 Å². The number of benzene rings is 2. The Balaban J connectivity index is 1.55. The first kappa shape index (κ1) is 21.3. The lowest BCUT2D eigenvalue weighted by Crippen LogP contribution is -2.45. The summed E-state index contributed by atoms with van der Waals surface area (Å²) in [5.41, 5.74) is 2.44. The Bertz CT molecular complexity index is 788. The Hall–Kier alpha value is -2.44. The maximum Gasteiger partial charge on any atom is 0.161 e. The minimum Gasteiger partial charge on any atom is -0.497 e. The van der Waals surface area contributed by atoms with Crippen LogP contribution in [0.3, 0.4) is 0 Å². The van der Waals surface area contributed by atoms with Crippen LogP contribution in [0.15, 0.2) is 36.4 Å². The third-order valence-corrected chi connectivity index (χ3v) is 5.29. The molecule has 158 valence electrons. The standard InChI is InChI=1S/C23H32N2O4/c1-5-29-23-14-18(6-9-21(23)27-3)16-24-10-12-25(13-11-24)17-19-7-8-20(26-2)15-22(19)28-4/h6-9,14-15H,5,10-13,16-17H2,1-4H3. The van der Waals surface area contributed by atoms with Gasteiger partial charge in [0.15, 0.2) is 11.5 Å². The number of piperazine rings is 1. The molecule has 1 saturated heterocycles. The van der Waals surface area contributed by atoms with Gasteiger partial charge in [-0.2, -0.15) is 0 Å². The maximum absolute atomic E-state index is 5.71. The summed E-state index contributed by atoms with van der Waals surface area (Å²) in [5.74, 6) is 3.31. The summed E-state index contributed by atoms with van der Waals surface area (Å²) in [6, 6.07) is 12.2. The summed E-state index contributed by atoms with van der Waals surface area (Å²) < 4.78 is 21.9. The van der Waals surface area contributed by atoms with E-state index in [1.165, 1.54) is 11.1 Å². The highest BCUT2D eigenvalue weighted by molar-refractivity contribution is 5.43. The summed E-state index contributed by atoms with van der Waals surface area (Å²) in [6.07, 6.45) is 0. The monoisotopic (exact) mass is 400 g/mol. The van der Waals surface area contributed by atoms with Crippen LogP contribution in [0.25, 0.3) is 0 Å². The van der Waals surface area contributed by atoms with Gasteiger partial charge in [-0.05, 0) is 30.7 Å². The summed E-state index contributed by atoms with van der Waals surface area (Å²) in [6.45, 7) is 8.56. The molecule has 0 radical (unpaired) electrons. The zero-order valence-electron chi connectivity index (χ0n) is 17.9. The lowest BCUT2D eigenvalue weighted by molar-refractivity contribution is 0.121. The van der Waals surface area contributed by atoms with Gasteiger partial charge in [0.25, 0.3) is 0 Å². The zero-order valence-corrected chi connectivity index (χ0v) is 17.9. The fraction of sp³-hybridized carbons (Fsp3) is 0.478. The molecule has 0 bridgehead atoms.